The second kappa shape index (κ2) is 9.04. The lowest BCUT2D eigenvalue weighted by Gasteiger charge is -2.32. The number of unbranched alkanes of at least 4 members (excludes halogenated alkanes) is 1. The number of Topliss-reactive ketones (excluding diaryl/α,β-unsaturated/α-hetero) is 2. The van der Waals surface area contributed by atoms with Crippen LogP contribution in [0.15, 0.2) is 29.3 Å². The number of hydrogen-bond acceptors (Lipinski definition) is 5. The van der Waals surface area contributed by atoms with Gasteiger partial charge < -0.3 is 10.2 Å². The maximum Gasteiger partial charge on any atom is 0.303 e. The molecule has 1 fully saturated rings. The molecule has 1 aliphatic carbocycles. The second-order valence-electron chi connectivity index (χ2n) is 7.91. The first-order valence-electron chi connectivity index (χ1n) is 9.26. The SMILES string of the molecule is CC1(C)CC(=O)C(C(CCCCC(=O)O)=Nc2ccc(CO)cc2)C(=O)C1. The lowest BCUT2D eigenvalue weighted by Crippen LogP contribution is -2.41. The summed E-state index contributed by atoms with van der Waals surface area (Å²) in [4.78, 5) is 40.6. The number of aliphatic imine (C=N–C) groups is 1. The molecule has 0 aliphatic heterocycles. The second-order valence-corrected chi connectivity index (χ2v) is 7.91. The number of rotatable bonds is 8. The number of ketones is 2. The van der Waals surface area contributed by atoms with Crippen molar-refractivity contribution in [1.29, 1.82) is 0 Å². The van der Waals surface area contributed by atoms with E-state index < -0.39 is 11.9 Å². The molecule has 6 heteroatoms. The smallest absolute Gasteiger partial charge is 0.303 e. The summed E-state index contributed by atoms with van der Waals surface area (Å²) in [6, 6.07) is 6.97. The molecule has 0 radical (unpaired) electrons. The summed E-state index contributed by atoms with van der Waals surface area (Å²) in [6.45, 7) is 3.76. The molecule has 2 rings (SSSR count). The van der Waals surface area contributed by atoms with Gasteiger partial charge in [-0.1, -0.05) is 26.0 Å². The molecule has 6 nitrogen and oxygen atoms in total. The predicted octanol–water partition coefficient (Wildman–Crippen LogP) is 3.47. The van der Waals surface area contributed by atoms with Crippen molar-refractivity contribution in [3.05, 3.63) is 29.8 Å². The topological polar surface area (TPSA) is 104 Å². The van der Waals surface area contributed by atoms with Crippen LogP contribution in [0.3, 0.4) is 0 Å². The predicted molar refractivity (Wildman–Crippen MR) is 102 cm³/mol. The van der Waals surface area contributed by atoms with Crippen LogP contribution in [0, 0.1) is 11.3 Å². The number of carboxylic acid groups (broad SMARTS) is 1. The lowest BCUT2D eigenvalue weighted by molar-refractivity contribution is -0.138. The molecule has 0 saturated heterocycles. The summed E-state index contributed by atoms with van der Waals surface area (Å²) < 4.78 is 0. The molecule has 27 heavy (non-hydrogen) atoms. The molecular weight excluding hydrogens is 346 g/mol. The van der Waals surface area contributed by atoms with Gasteiger partial charge in [-0.3, -0.25) is 19.4 Å². The fourth-order valence-corrected chi connectivity index (χ4v) is 3.45. The number of nitrogens with zero attached hydrogens (tertiary/aromatic N) is 1. The summed E-state index contributed by atoms with van der Waals surface area (Å²) in [5, 5.41) is 17.9. The Morgan fingerprint density at radius 1 is 1.07 bits per heavy atom. The van der Waals surface area contributed by atoms with Crippen LogP contribution in [-0.2, 0) is 21.0 Å². The molecule has 0 unspecified atom stereocenters. The van der Waals surface area contributed by atoms with Crippen molar-refractivity contribution in [3.63, 3.8) is 0 Å². The fraction of sp³-hybridized carbons (Fsp3) is 0.524. The molecule has 0 bridgehead atoms. The molecule has 1 aromatic carbocycles. The average Bonchev–Trinajstić information content (AvgIpc) is 2.57. The van der Waals surface area contributed by atoms with Gasteiger partial charge in [-0.2, -0.15) is 0 Å². The zero-order chi connectivity index (χ0) is 20.0. The highest BCUT2D eigenvalue weighted by molar-refractivity contribution is 6.22. The third kappa shape index (κ3) is 6.10. The van der Waals surface area contributed by atoms with Gasteiger partial charge >= 0.3 is 5.97 Å². The van der Waals surface area contributed by atoms with Crippen molar-refractivity contribution >= 4 is 28.9 Å². The van der Waals surface area contributed by atoms with Crippen molar-refractivity contribution in [2.24, 2.45) is 16.3 Å². The van der Waals surface area contributed by atoms with Gasteiger partial charge in [0.15, 0.2) is 0 Å². The molecule has 1 aromatic rings. The number of aliphatic hydroxyl groups excluding tert-OH is 1. The summed E-state index contributed by atoms with van der Waals surface area (Å²) in [6.07, 6.45) is 2.16. The number of carbonyl (C=O) groups excluding carboxylic acids is 2. The zero-order valence-electron chi connectivity index (χ0n) is 15.9. The summed E-state index contributed by atoms with van der Waals surface area (Å²) in [5.41, 5.74) is 1.55. The van der Waals surface area contributed by atoms with Crippen LogP contribution in [0.4, 0.5) is 5.69 Å². The fourth-order valence-electron chi connectivity index (χ4n) is 3.45. The average molecular weight is 373 g/mol. The van der Waals surface area contributed by atoms with Crippen LogP contribution >= 0.6 is 0 Å². The third-order valence-electron chi connectivity index (χ3n) is 4.75. The summed E-state index contributed by atoms with van der Waals surface area (Å²) in [5.74, 6) is -1.92. The molecule has 2 N–H and O–H groups in total. The largest absolute Gasteiger partial charge is 0.481 e. The Labute approximate surface area is 159 Å². The van der Waals surface area contributed by atoms with E-state index in [1.54, 1.807) is 24.3 Å². The molecule has 146 valence electrons. The minimum Gasteiger partial charge on any atom is -0.481 e. The quantitative estimate of drug-likeness (QED) is 0.412. The molecule has 0 aromatic heterocycles. The molecule has 1 saturated carbocycles. The third-order valence-corrected chi connectivity index (χ3v) is 4.75. The zero-order valence-corrected chi connectivity index (χ0v) is 15.9. The van der Waals surface area contributed by atoms with E-state index in [1.807, 2.05) is 13.8 Å². The van der Waals surface area contributed by atoms with Gasteiger partial charge in [0.1, 0.15) is 17.5 Å². The van der Waals surface area contributed by atoms with Crippen molar-refractivity contribution in [1.82, 2.24) is 0 Å². The molecule has 0 heterocycles. The Bertz CT molecular complexity index is 713. The normalized spacial score (nSPS) is 18.0. The van der Waals surface area contributed by atoms with Crippen LogP contribution in [0.25, 0.3) is 0 Å². The minimum atomic E-state index is -0.861. The Morgan fingerprint density at radius 2 is 1.63 bits per heavy atom. The number of carbonyl (C=O) groups is 3. The van der Waals surface area contributed by atoms with E-state index in [9.17, 15) is 14.4 Å². The van der Waals surface area contributed by atoms with E-state index in [4.69, 9.17) is 10.2 Å². The van der Waals surface area contributed by atoms with Crippen molar-refractivity contribution in [3.8, 4) is 0 Å². The Kier molecular flexibility index (Phi) is 7.02. The number of carboxylic acids is 1. The van der Waals surface area contributed by atoms with E-state index in [-0.39, 0.29) is 30.0 Å². The van der Waals surface area contributed by atoms with Gasteiger partial charge in [0.2, 0.25) is 0 Å². The van der Waals surface area contributed by atoms with E-state index in [1.165, 1.54) is 0 Å². The number of hydrogen-bond donors (Lipinski definition) is 2. The molecule has 0 amide bonds. The van der Waals surface area contributed by atoms with Crippen LogP contribution < -0.4 is 0 Å². The van der Waals surface area contributed by atoms with Crippen LogP contribution in [0.5, 0.6) is 0 Å². The van der Waals surface area contributed by atoms with Gasteiger partial charge in [-0.25, -0.2) is 0 Å². The van der Waals surface area contributed by atoms with Gasteiger partial charge in [0, 0.05) is 25.0 Å². The van der Waals surface area contributed by atoms with Gasteiger partial charge in [-0.05, 0) is 42.4 Å². The molecule has 0 atom stereocenters. The first kappa shape index (κ1) is 21.0. The Morgan fingerprint density at radius 3 is 2.15 bits per heavy atom. The summed E-state index contributed by atoms with van der Waals surface area (Å²) in [7, 11) is 0. The maximum atomic E-state index is 12.7. The molecule has 1 aliphatic rings. The first-order chi connectivity index (χ1) is 12.7. The van der Waals surface area contributed by atoms with Crippen LogP contribution in [0.1, 0.15) is 57.9 Å². The Hall–Kier alpha value is -2.34. The summed E-state index contributed by atoms with van der Waals surface area (Å²) >= 11 is 0. The van der Waals surface area contributed by atoms with Gasteiger partial charge in [0.25, 0.3) is 0 Å². The van der Waals surface area contributed by atoms with Crippen molar-refractivity contribution in [2.45, 2.75) is 59.0 Å². The number of aliphatic carboxylic acids is 1. The maximum absolute atomic E-state index is 12.7. The van der Waals surface area contributed by atoms with Crippen molar-refractivity contribution in [2.75, 3.05) is 0 Å². The Balaban J connectivity index is 2.25. The van der Waals surface area contributed by atoms with Crippen LogP contribution in [0.2, 0.25) is 0 Å². The minimum absolute atomic E-state index is 0.0536. The molecular formula is C21H27NO5. The monoisotopic (exact) mass is 373 g/mol. The first-order valence-corrected chi connectivity index (χ1v) is 9.26. The highest BCUT2D eigenvalue weighted by atomic mass is 16.4. The van der Waals surface area contributed by atoms with E-state index in [0.717, 1.165) is 5.56 Å². The number of aliphatic hydroxyl groups is 1. The van der Waals surface area contributed by atoms with Gasteiger partial charge in [0.05, 0.1) is 12.3 Å². The lowest BCUT2D eigenvalue weighted by atomic mass is 9.69. The molecule has 0 spiro atoms. The van der Waals surface area contributed by atoms with E-state index in [2.05, 4.69) is 4.99 Å². The van der Waals surface area contributed by atoms with E-state index >= 15 is 0 Å². The van der Waals surface area contributed by atoms with Crippen LogP contribution in [-0.4, -0.2) is 33.5 Å². The van der Waals surface area contributed by atoms with E-state index in [0.29, 0.717) is 43.5 Å². The highest BCUT2D eigenvalue weighted by Gasteiger charge is 2.41. The van der Waals surface area contributed by atoms with Crippen molar-refractivity contribution < 1.29 is 24.6 Å². The highest BCUT2D eigenvalue weighted by Crippen LogP contribution is 2.35. The van der Waals surface area contributed by atoms with Gasteiger partial charge in [-0.15, -0.1) is 0 Å². The standard InChI is InChI=1S/C21H27NO5/c1-21(2)11-17(24)20(18(25)12-21)16(5-3-4-6-19(26)27)22-15-9-7-14(13-23)8-10-15/h7-10,20,23H,3-6,11-13H2,1-2H3,(H,26,27). The number of benzene rings is 1.